The van der Waals surface area contributed by atoms with E-state index in [4.69, 9.17) is 4.52 Å². The summed E-state index contributed by atoms with van der Waals surface area (Å²) >= 11 is 0. The molecule has 0 rings (SSSR count). The zero-order chi connectivity index (χ0) is 17.4. The molecule has 1 N–H and O–H groups in total. The topological polar surface area (TPSA) is 49.8 Å². The van der Waals surface area contributed by atoms with E-state index in [-0.39, 0.29) is 6.16 Å². The Balaban J connectivity index is 3.86. The van der Waals surface area contributed by atoms with Crippen molar-refractivity contribution in [2.24, 2.45) is 0 Å². The molecule has 0 aromatic carbocycles. The lowest BCUT2D eigenvalue weighted by atomic mass is 10.1. The molecule has 5 heteroatoms. The molecule has 0 spiro atoms. The fraction of sp³-hybridized carbons (Fsp3) is 1.00. The van der Waals surface area contributed by atoms with Gasteiger partial charge in [0.05, 0.1) is 12.8 Å². The van der Waals surface area contributed by atoms with Crippen LogP contribution in [-0.4, -0.2) is 42.2 Å². The highest BCUT2D eigenvalue weighted by atomic mass is 31.2. The summed E-state index contributed by atoms with van der Waals surface area (Å²) in [5.41, 5.74) is 0. The van der Waals surface area contributed by atoms with Crippen molar-refractivity contribution < 1.29 is 14.0 Å². The summed E-state index contributed by atoms with van der Waals surface area (Å²) in [7, 11) is -3.41. The van der Waals surface area contributed by atoms with E-state index in [2.05, 4.69) is 25.7 Å². The van der Waals surface area contributed by atoms with Gasteiger partial charge in [-0.15, -0.1) is 0 Å². The summed E-state index contributed by atoms with van der Waals surface area (Å²) in [6.07, 6.45) is 11.9. The minimum Gasteiger partial charge on any atom is -0.324 e. The lowest BCUT2D eigenvalue weighted by molar-refractivity contribution is 0.237. The minimum atomic E-state index is -3.41. The van der Waals surface area contributed by atoms with Crippen molar-refractivity contribution in [2.45, 2.75) is 85.0 Å². The molecule has 140 valence electrons. The Hall–Kier alpha value is 0.110. The van der Waals surface area contributed by atoms with Gasteiger partial charge in [0, 0.05) is 6.54 Å². The number of rotatable bonds is 17. The normalized spacial score (nSPS) is 14.3. The summed E-state index contributed by atoms with van der Waals surface area (Å²) < 4.78 is 17.4. The van der Waals surface area contributed by atoms with Crippen molar-refractivity contribution in [1.82, 2.24) is 4.90 Å². The van der Waals surface area contributed by atoms with E-state index in [1.165, 1.54) is 25.7 Å². The van der Waals surface area contributed by atoms with Crippen molar-refractivity contribution in [3.05, 3.63) is 0 Å². The molecule has 0 saturated heterocycles. The van der Waals surface area contributed by atoms with Crippen LogP contribution in [-0.2, 0) is 9.09 Å². The largest absolute Gasteiger partial charge is 0.329 e. The molecule has 0 bridgehead atoms. The highest BCUT2D eigenvalue weighted by Gasteiger charge is 2.20. The first-order valence-electron chi connectivity index (χ1n) is 9.74. The van der Waals surface area contributed by atoms with Gasteiger partial charge in [-0.25, -0.2) is 0 Å². The average molecular weight is 349 g/mol. The molecule has 1 atom stereocenters. The molecular weight excluding hydrogens is 309 g/mol. The zero-order valence-corrected chi connectivity index (χ0v) is 16.7. The summed E-state index contributed by atoms with van der Waals surface area (Å²) in [6, 6.07) is 0. The predicted octanol–water partition coefficient (Wildman–Crippen LogP) is 5.45. The maximum Gasteiger partial charge on any atom is 0.329 e. The van der Waals surface area contributed by atoms with Gasteiger partial charge in [-0.3, -0.25) is 4.57 Å². The van der Waals surface area contributed by atoms with E-state index in [1.807, 2.05) is 0 Å². The van der Waals surface area contributed by atoms with E-state index in [0.29, 0.717) is 13.2 Å². The van der Waals surface area contributed by atoms with E-state index in [9.17, 15) is 9.46 Å². The number of unbranched alkanes of at least 4 members (excludes halogenated alkanes) is 7. The van der Waals surface area contributed by atoms with Crippen LogP contribution < -0.4 is 0 Å². The van der Waals surface area contributed by atoms with Gasteiger partial charge >= 0.3 is 7.60 Å². The molecule has 1 unspecified atom stereocenters. The Bertz CT molecular complexity index is 292. The van der Waals surface area contributed by atoms with Gasteiger partial charge < -0.3 is 14.3 Å². The highest BCUT2D eigenvalue weighted by molar-refractivity contribution is 7.52. The maximum atomic E-state index is 12.1. The summed E-state index contributed by atoms with van der Waals surface area (Å²) in [6.45, 7) is 9.70. The summed E-state index contributed by atoms with van der Waals surface area (Å²) in [5, 5.41) is 0. The smallest absolute Gasteiger partial charge is 0.324 e. The van der Waals surface area contributed by atoms with Crippen LogP contribution in [0, 0.1) is 0 Å². The van der Waals surface area contributed by atoms with E-state index < -0.39 is 7.60 Å². The van der Waals surface area contributed by atoms with Gasteiger partial charge in [0.15, 0.2) is 0 Å². The van der Waals surface area contributed by atoms with Gasteiger partial charge in [0.1, 0.15) is 0 Å². The Labute approximate surface area is 144 Å². The van der Waals surface area contributed by atoms with Crippen molar-refractivity contribution in [3.63, 3.8) is 0 Å². The maximum absolute atomic E-state index is 12.1. The lowest BCUT2D eigenvalue weighted by Crippen LogP contribution is -2.29. The molecule has 0 fully saturated rings. The second-order valence-electron chi connectivity index (χ2n) is 6.51. The molecule has 0 aliphatic heterocycles. The van der Waals surface area contributed by atoms with Crippen LogP contribution in [0.4, 0.5) is 0 Å². The van der Waals surface area contributed by atoms with E-state index >= 15 is 0 Å². The van der Waals surface area contributed by atoms with Gasteiger partial charge in [0.2, 0.25) is 0 Å². The molecule has 4 nitrogen and oxygen atoms in total. The average Bonchev–Trinajstić information content (AvgIpc) is 2.53. The van der Waals surface area contributed by atoms with Crippen molar-refractivity contribution >= 4 is 7.60 Å². The quantitative estimate of drug-likeness (QED) is 0.280. The Morgan fingerprint density at radius 2 is 1.30 bits per heavy atom. The predicted molar refractivity (Wildman–Crippen MR) is 100 cm³/mol. The third-order valence-corrected chi connectivity index (χ3v) is 5.50. The number of nitrogens with zero attached hydrogens (tertiary/aromatic N) is 1. The minimum absolute atomic E-state index is 0.260. The molecule has 23 heavy (non-hydrogen) atoms. The molecule has 0 radical (unpaired) electrons. The van der Waals surface area contributed by atoms with Gasteiger partial charge in [0.25, 0.3) is 0 Å². The van der Waals surface area contributed by atoms with Crippen LogP contribution in [0.15, 0.2) is 0 Å². The summed E-state index contributed by atoms with van der Waals surface area (Å²) in [4.78, 5) is 12.3. The molecular formula is C18H40NO3P. The van der Waals surface area contributed by atoms with Crippen LogP contribution in [0.3, 0.4) is 0 Å². The molecule has 0 aliphatic carbocycles. The Morgan fingerprint density at radius 1 is 0.783 bits per heavy atom. The molecule has 0 amide bonds. The molecule has 0 saturated carbocycles. The van der Waals surface area contributed by atoms with Crippen molar-refractivity contribution in [3.8, 4) is 0 Å². The Kier molecular flexibility index (Phi) is 15.7. The molecule has 0 aromatic rings. The molecule has 0 aliphatic rings. The molecule has 0 heterocycles. The van der Waals surface area contributed by atoms with Crippen LogP contribution in [0.2, 0.25) is 0 Å². The SMILES string of the molecule is CCCCCCCCOP(=O)(O)CCN(CCCC)CCCC. The molecule has 0 aromatic heterocycles. The lowest BCUT2D eigenvalue weighted by Gasteiger charge is -2.23. The Morgan fingerprint density at radius 3 is 1.87 bits per heavy atom. The monoisotopic (exact) mass is 349 g/mol. The van der Waals surface area contributed by atoms with Gasteiger partial charge in [-0.1, -0.05) is 65.7 Å². The van der Waals surface area contributed by atoms with Gasteiger partial charge in [-0.05, 0) is 32.4 Å². The fourth-order valence-corrected chi connectivity index (χ4v) is 3.60. The van der Waals surface area contributed by atoms with Crippen LogP contribution in [0.1, 0.15) is 85.0 Å². The third kappa shape index (κ3) is 15.4. The zero-order valence-electron chi connectivity index (χ0n) is 15.8. The van der Waals surface area contributed by atoms with E-state index in [1.54, 1.807) is 0 Å². The second-order valence-corrected chi connectivity index (χ2v) is 8.49. The standard InChI is InChI=1S/C18H40NO3P/c1-4-7-10-11-12-13-17-22-23(20,21)18-16-19(14-8-5-2)15-9-6-3/h4-18H2,1-3H3,(H,20,21). The van der Waals surface area contributed by atoms with Crippen LogP contribution >= 0.6 is 7.60 Å². The second kappa shape index (κ2) is 15.6. The van der Waals surface area contributed by atoms with Crippen molar-refractivity contribution in [2.75, 3.05) is 32.4 Å². The highest BCUT2D eigenvalue weighted by Crippen LogP contribution is 2.41. The van der Waals surface area contributed by atoms with Crippen molar-refractivity contribution in [1.29, 1.82) is 0 Å². The number of hydrogen-bond acceptors (Lipinski definition) is 3. The summed E-state index contributed by atoms with van der Waals surface area (Å²) in [5.74, 6) is 0. The third-order valence-electron chi connectivity index (χ3n) is 4.15. The van der Waals surface area contributed by atoms with Crippen LogP contribution in [0.25, 0.3) is 0 Å². The van der Waals surface area contributed by atoms with Crippen LogP contribution in [0.5, 0.6) is 0 Å². The van der Waals surface area contributed by atoms with E-state index in [0.717, 1.165) is 51.6 Å². The first kappa shape index (κ1) is 23.1. The fourth-order valence-electron chi connectivity index (χ4n) is 2.52. The van der Waals surface area contributed by atoms with Gasteiger partial charge in [-0.2, -0.15) is 0 Å². The first-order chi connectivity index (χ1) is 11.1. The first-order valence-corrected chi connectivity index (χ1v) is 11.5. The number of hydrogen-bond donors (Lipinski definition) is 1.